The maximum Gasteiger partial charge on any atom is 0.335 e. The second kappa shape index (κ2) is 9.11. The number of nitrogens with zero attached hydrogens (tertiary/aromatic N) is 1. The van der Waals surface area contributed by atoms with Crippen LogP contribution in [0.4, 0.5) is 5.69 Å². The van der Waals surface area contributed by atoms with E-state index in [4.69, 9.17) is 16.7 Å². The van der Waals surface area contributed by atoms with Gasteiger partial charge in [-0.3, -0.25) is 4.79 Å². The number of hydrogen-bond donors (Lipinski definition) is 2. The molecule has 1 heterocycles. The Hall–Kier alpha value is -2.53. The van der Waals surface area contributed by atoms with E-state index in [0.717, 1.165) is 29.9 Å². The molecule has 0 saturated carbocycles. The molecule has 1 aliphatic rings. The van der Waals surface area contributed by atoms with Crippen molar-refractivity contribution in [2.75, 3.05) is 18.0 Å². The van der Waals surface area contributed by atoms with Gasteiger partial charge < -0.3 is 15.3 Å². The average molecular weight is 401 g/mol. The van der Waals surface area contributed by atoms with Gasteiger partial charge in [0.25, 0.3) is 0 Å². The van der Waals surface area contributed by atoms with Gasteiger partial charge in [-0.2, -0.15) is 0 Å². The number of carboxylic acid groups (broad SMARTS) is 1. The Morgan fingerprint density at radius 1 is 1.11 bits per heavy atom. The third-order valence-electron chi connectivity index (χ3n) is 5.10. The SMILES string of the molecule is CC(NC(=O)Cc1ccc(C(=O)O)cc1)c1cc(Cl)ccc1N1CCCCC1. The molecular weight excluding hydrogens is 376 g/mol. The maximum absolute atomic E-state index is 12.5. The largest absolute Gasteiger partial charge is 0.478 e. The van der Waals surface area contributed by atoms with E-state index >= 15 is 0 Å². The first kappa shape index (κ1) is 20.2. The minimum absolute atomic E-state index is 0.111. The predicted octanol–water partition coefficient (Wildman–Crippen LogP) is 4.45. The molecule has 0 bridgehead atoms. The van der Waals surface area contributed by atoms with E-state index in [1.807, 2.05) is 25.1 Å². The number of aromatic carboxylic acids is 1. The van der Waals surface area contributed by atoms with E-state index in [0.29, 0.717) is 5.02 Å². The number of hydrogen-bond acceptors (Lipinski definition) is 3. The maximum atomic E-state index is 12.5. The molecule has 1 fully saturated rings. The predicted molar refractivity (Wildman–Crippen MR) is 111 cm³/mol. The summed E-state index contributed by atoms with van der Waals surface area (Å²) in [6.07, 6.45) is 3.81. The lowest BCUT2D eigenvalue weighted by Gasteiger charge is -2.32. The van der Waals surface area contributed by atoms with Crippen LogP contribution >= 0.6 is 11.6 Å². The molecule has 5 nitrogen and oxygen atoms in total. The van der Waals surface area contributed by atoms with Gasteiger partial charge in [-0.25, -0.2) is 4.79 Å². The number of carbonyl (C=O) groups excluding carboxylic acids is 1. The number of rotatable bonds is 6. The number of piperidine rings is 1. The lowest BCUT2D eigenvalue weighted by atomic mass is 10.0. The summed E-state index contributed by atoms with van der Waals surface area (Å²) in [5.41, 5.74) is 3.13. The molecule has 3 rings (SSSR count). The highest BCUT2D eigenvalue weighted by Gasteiger charge is 2.19. The Bertz CT molecular complexity index is 845. The summed E-state index contributed by atoms with van der Waals surface area (Å²) in [5.74, 6) is -1.09. The van der Waals surface area contributed by atoms with Gasteiger partial charge in [-0.05, 0) is 67.6 Å². The van der Waals surface area contributed by atoms with Crippen LogP contribution in [0.3, 0.4) is 0 Å². The van der Waals surface area contributed by atoms with Gasteiger partial charge >= 0.3 is 5.97 Å². The Morgan fingerprint density at radius 2 is 1.79 bits per heavy atom. The monoisotopic (exact) mass is 400 g/mol. The van der Waals surface area contributed by atoms with Crippen molar-refractivity contribution in [3.63, 3.8) is 0 Å². The number of amides is 1. The molecule has 28 heavy (non-hydrogen) atoms. The molecule has 1 amide bonds. The Morgan fingerprint density at radius 3 is 2.43 bits per heavy atom. The van der Waals surface area contributed by atoms with Crippen molar-refractivity contribution in [1.29, 1.82) is 0 Å². The van der Waals surface area contributed by atoms with Crippen LogP contribution in [-0.2, 0) is 11.2 Å². The van der Waals surface area contributed by atoms with E-state index in [1.54, 1.807) is 12.1 Å². The number of carbonyl (C=O) groups is 2. The summed E-state index contributed by atoms with van der Waals surface area (Å²) in [6.45, 7) is 4.00. The smallest absolute Gasteiger partial charge is 0.335 e. The highest BCUT2D eigenvalue weighted by molar-refractivity contribution is 6.30. The zero-order valence-electron chi connectivity index (χ0n) is 16.0. The molecule has 1 atom stereocenters. The van der Waals surface area contributed by atoms with E-state index in [2.05, 4.69) is 10.2 Å². The first-order chi connectivity index (χ1) is 13.4. The molecule has 1 saturated heterocycles. The second-order valence-electron chi connectivity index (χ2n) is 7.22. The highest BCUT2D eigenvalue weighted by Crippen LogP contribution is 2.31. The van der Waals surface area contributed by atoms with Gasteiger partial charge in [0, 0.05) is 23.8 Å². The Balaban J connectivity index is 1.69. The summed E-state index contributed by atoms with van der Waals surface area (Å²) >= 11 is 6.23. The third-order valence-corrected chi connectivity index (χ3v) is 5.33. The van der Waals surface area contributed by atoms with Gasteiger partial charge in [-0.1, -0.05) is 23.7 Å². The molecule has 0 aliphatic carbocycles. The zero-order valence-corrected chi connectivity index (χ0v) is 16.7. The van der Waals surface area contributed by atoms with E-state index in [9.17, 15) is 9.59 Å². The van der Waals surface area contributed by atoms with Crippen molar-refractivity contribution in [3.05, 3.63) is 64.2 Å². The van der Waals surface area contributed by atoms with Gasteiger partial charge in [0.2, 0.25) is 5.91 Å². The summed E-state index contributed by atoms with van der Waals surface area (Å²) in [6, 6.07) is 12.1. The van der Waals surface area contributed by atoms with Crippen LogP contribution in [0.2, 0.25) is 5.02 Å². The molecule has 148 valence electrons. The number of carboxylic acids is 1. The summed E-state index contributed by atoms with van der Waals surface area (Å²) < 4.78 is 0. The minimum atomic E-state index is -0.976. The molecule has 0 spiro atoms. The van der Waals surface area contributed by atoms with Crippen LogP contribution in [0, 0.1) is 0 Å². The van der Waals surface area contributed by atoms with E-state index in [-0.39, 0.29) is 23.9 Å². The van der Waals surface area contributed by atoms with Crippen LogP contribution in [0.5, 0.6) is 0 Å². The first-order valence-electron chi connectivity index (χ1n) is 9.60. The van der Waals surface area contributed by atoms with Crippen LogP contribution in [0.1, 0.15) is 53.7 Å². The van der Waals surface area contributed by atoms with Gasteiger partial charge in [-0.15, -0.1) is 0 Å². The van der Waals surface area contributed by atoms with Gasteiger partial charge in [0.05, 0.1) is 18.0 Å². The Kier molecular flexibility index (Phi) is 6.57. The second-order valence-corrected chi connectivity index (χ2v) is 7.66. The molecule has 0 aromatic heterocycles. The standard InChI is InChI=1S/C22H25ClN2O3/c1-15(24-21(26)13-16-5-7-17(8-6-16)22(27)28)19-14-18(23)9-10-20(19)25-11-3-2-4-12-25/h5-10,14-15H,2-4,11-13H2,1H3,(H,24,26)(H,27,28). The molecule has 6 heteroatoms. The summed E-state index contributed by atoms with van der Waals surface area (Å²) in [5, 5.41) is 12.7. The fourth-order valence-electron chi connectivity index (χ4n) is 3.62. The molecule has 1 aliphatic heterocycles. The Labute approximate surface area is 170 Å². The summed E-state index contributed by atoms with van der Waals surface area (Å²) in [4.78, 5) is 25.8. The van der Waals surface area contributed by atoms with Crippen molar-refractivity contribution in [3.8, 4) is 0 Å². The third kappa shape index (κ3) is 5.04. The minimum Gasteiger partial charge on any atom is -0.478 e. The first-order valence-corrected chi connectivity index (χ1v) is 9.98. The molecular formula is C22H25ClN2O3. The van der Waals surface area contributed by atoms with Crippen molar-refractivity contribution >= 4 is 29.2 Å². The van der Waals surface area contributed by atoms with E-state index in [1.165, 1.54) is 31.4 Å². The van der Waals surface area contributed by atoms with Crippen molar-refractivity contribution < 1.29 is 14.7 Å². The molecule has 2 aromatic rings. The number of halogens is 1. The molecule has 2 aromatic carbocycles. The van der Waals surface area contributed by atoms with Crippen LogP contribution < -0.4 is 10.2 Å². The number of anilines is 1. The normalized spacial score (nSPS) is 15.1. The topological polar surface area (TPSA) is 69.6 Å². The van der Waals surface area contributed by atoms with Gasteiger partial charge in [0.15, 0.2) is 0 Å². The number of nitrogens with one attached hydrogen (secondary N) is 1. The lowest BCUT2D eigenvalue weighted by Crippen LogP contribution is -2.33. The van der Waals surface area contributed by atoms with Crippen molar-refractivity contribution in [1.82, 2.24) is 5.32 Å². The van der Waals surface area contributed by atoms with Crippen LogP contribution in [-0.4, -0.2) is 30.1 Å². The van der Waals surface area contributed by atoms with Crippen LogP contribution in [0.15, 0.2) is 42.5 Å². The van der Waals surface area contributed by atoms with Gasteiger partial charge in [0.1, 0.15) is 0 Å². The lowest BCUT2D eigenvalue weighted by molar-refractivity contribution is -0.121. The van der Waals surface area contributed by atoms with Crippen molar-refractivity contribution in [2.45, 2.75) is 38.6 Å². The molecule has 0 radical (unpaired) electrons. The molecule has 2 N–H and O–H groups in total. The van der Waals surface area contributed by atoms with Crippen molar-refractivity contribution in [2.24, 2.45) is 0 Å². The fourth-order valence-corrected chi connectivity index (χ4v) is 3.80. The zero-order chi connectivity index (χ0) is 20.1. The van der Waals surface area contributed by atoms with Crippen LogP contribution in [0.25, 0.3) is 0 Å². The summed E-state index contributed by atoms with van der Waals surface area (Å²) in [7, 11) is 0. The quantitative estimate of drug-likeness (QED) is 0.751. The highest BCUT2D eigenvalue weighted by atomic mass is 35.5. The average Bonchev–Trinajstić information content (AvgIpc) is 2.69. The molecule has 1 unspecified atom stereocenters. The number of benzene rings is 2. The fraction of sp³-hybridized carbons (Fsp3) is 0.364. The van der Waals surface area contributed by atoms with E-state index < -0.39 is 5.97 Å².